The molecule has 1 aromatic carbocycles. The van der Waals surface area contributed by atoms with Crippen molar-refractivity contribution in [2.45, 2.75) is 71.1 Å². The highest BCUT2D eigenvalue weighted by atomic mass is 35.5. The monoisotopic (exact) mass is 637 g/mol. The molecule has 2 N–H and O–H groups in total. The number of nitrogens with one attached hydrogen (secondary N) is 2. The van der Waals surface area contributed by atoms with Crippen LogP contribution in [0.2, 0.25) is 10.0 Å². The van der Waals surface area contributed by atoms with Gasteiger partial charge in [-0.15, -0.1) is 21.5 Å². The number of esters is 1. The summed E-state index contributed by atoms with van der Waals surface area (Å²) in [6.07, 6.45) is 3.79. The van der Waals surface area contributed by atoms with Gasteiger partial charge in [0.05, 0.1) is 34.0 Å². The lowest BCUT2D eigenvalue weighted by atomic mass is 9.95. The van der Waals surface area contributed by atoms with E-state index in [0.29, 0.717) is 43.7 Å². The van der Waals surface area contributed by atoms with E-state index in [4.69, 9.17) is 27.9 Å². The molecule has 2 aromatic heterocycles. The zero-order chi connectivity index (χ0) is 29.7. The number of fused-ring (bicyclic) bond motifs is 1. The first-order valence-corrected chi connectivity index (χ1v) is 16.1. The Bertz CT molecular complexity index is 1440. The minimum Gasteiger partial charge on any atom is -0.462 e. The van der Waals surface area contributed by atoms with E-state index in [0.717, 1.165) is 36.1 Å². The van der Waals surface area contributed by atoms with Crippen molar-refractivity contribution in [2.24, 2.45) is 5.92 Å². The van der Waals surface area contributed by atoms with Crippen molar-refractivity contribution in [3.63, 3.8) is 0 Å². The third-order valence-corrected chi connectivity index (χ3v) is 9.62. The molecule has 0 saturated heterocycles. The molecule has 0 unspecified atom stereocenters. The van der Waals surface area contributed by atoms with E-state index in [1.165, 1.54) is 29.2 Å². The van der Waals surface area contributed by atoms with Crippen LogP contribution >= 0.6 is 46.3 Å². The lowest BCUT2D eigenvalue weighted by Gasteiger charge is -2.22. The minimum absolute atomic E-state index is 0.00327. The molecular weight excluding hydrogens is 605 g/mol. The quantitative estimate of drug-likeness (QED) is 0.180. The topological polar surface area (TPSA) is 115 Å². The van der Waals surface area contributed by atoms with Gasteiger partial charge in [-0.1, -0.05) is 48.8 Å². The maximum atomic E-state index is 13.0. The highest BCUT2D eigenvalue weighted by molar-refractivity contribution is 7.99. The molecule has 9 nitrogen and oxygen atoms in total. The van der Waals surface area contributed by atoms with E-state index in [1.807, 2.05) is 25.3 Å². The summed E-state index contributed by atoms with van der Waals surface area (Å²) in [7, 11) is 0. The summed E-state index contributed by atoms with van der Waals surface area (Å²) in [5.41, 5.74) is 1.87. The molecule has 13 heteroatoms. The summed E-state index contributed by atoms with van der Waals surface area (Å²) < 4.78 is 7.19. The predicted molar refractivity (Wildman–Crippen MR) is 163 cm³/mol. The Morgan fingerprint density at radius 3 is 2.56 bits per heavy atom. The Morgan fingerprint density at radius 1 is 1.12 bits per heavy atom. The number of aromatic nitrogens is 3. The fourth-order valence-corrected chi connectivity index (χ4v) is 7.09. The first-order chi connectivity index (χ1) is 19.6. The number of rotatable bonds is 11. The van der Waals surface area contributed by atoms with Crippen molar-refractivity contribution in [1.29, 1.82) is 0 Å². The SMILES string of the molecule is CCOC(=O)c1c(NC(=O)CSc2nnc([C@H](NC(=O)c3ccc(Cl)c(Cl)c3)C(C)C)n2CC)sc2c1CCCC2. The minimum atomic E-state index is -0.433. The molecule has 1 aliphatic carbocycles. The molecule has 1 atom stereocenters. The largest absolute Gasteiger partial charge is 0.462 e. The van der Waals surface area contributed by atoms with E-state index < -0.39 is 12.0 Å². The van der Waals surface area contributed by atoms with Gasteiger partial charge in [-0.05, 0) is 69.2 Å². The second kappa shape index (κ2) is 14.0. The molecule has 0 spiro atoms. The van der Waals surface area contributed by atoms with Crippen LogP contribution in [0.25, 0.3) is 0 Å². The smallest absolute Gasteiger partial charge is 0.341 e. The molecule has 0 saturated carbocycles. The number of carbonyl (C=O) groups is 3. The number of carbonyl (C=O) groups excluding carboxylic acids is 3. The van der Waals surface area contributed by atoms with E-state index in [2.05, 4.69) is 20.8 Å². The molecule has 1 aliphatic rings. The first-order valence-electron chi connectivity index (χ1n) is 13.6. The zero-order valence-electron chi connectivity index (χ0n) is 23.4. The number of ether oxygens (including phenoxy) is 1. The number of hydrogen-bond acceptors (Lipinski definition) is 8. The van der Waals surface area contributed by atoms with Crippen LogP contribution in [0.15, 0.2) is 23.4 Å². The Morgan fingerprint density at radius 2 is 1.88 bits per heavy atom. The number of nitrogens with zero attached hydrogens (tertiary/aromatic N) is 3. The molecule has 0 aliphatic heterocycles. The van der Waals surface area contributed by atoms with Crippen LogP contribution in [0.1, 0.15) is 83.6 Å². The van der Waals surface area contributed by atoms with Crippen LogP contribution in [0, 0.1) is 5.92 Å². The van der Waals surface area contributed by atoms with E-state index in [-0.39, 0.29) is 30.1 Å². The Labute approximate surface area is 257 Å². The molecule has 0 bridgehead atoms. The second-order valence-electron chi connectivity index (χ2n) is 9.88. The molecule has 0 radical (unpaired) electrons. The maximum absolute atomic E-state index is 13.0. The summed E-state index contributed by atoms with van der Waals surface area (Å²) in [6.45, 7) is 8.51. The van der Waals surface area contributed by atoms with Gasteiger partial charge in [-0.25, -0.2) is 4.79 Å². The number of anilines is 1. The van der Waals surface area contributed by atoms with Crippen molar-refractivity contribution in [2.75, 3.05) is 17.7 Å². The summed E-state index contributed by atoms with van der Waals surface area (Å²) in [5.74, 6) is -0.284. The number of aryl methyl sites for hydroxylation is 1. The van der Waals surface area contributed by atoms with Crippen LogP contribution in [0.3, 0.4) is 0 Å². The van der Waals surface area contributed by atoms with Crippen LogP contribution < -0.4 is 10.6 Å². The number of hydrogen-bond donors (Lipinski definition) is 2. The van der Waals surface area contributed by atoms with Gasteiger partial charge in [-0.3, -0.25) is 9.59 Å². The number of thioether (sulfide) groups is 1. The third kappa shape index (κ3) is 7.25. The molecular formula is C28H33Cl2N5O4S2. The fourth-order valence-electron chi connectivity index (χ4n) is 4.69. The molecule has 2 amide bonds. The lowest BCUT2D eigenvalue weighted by molar-refractivity contribution is -0.113. The van der Waals surface area contributed by atoms with Gasteiger partial charge in [0.15, 0.2) is 11.0 Å². The highest BCUT2D eigenvalue weighted by Crippen LogP contribution is 2.39. The van der Waals surface area contributed by atoms with Gasteiger partial charge in [0.2, 0.25) is 5.91 Å². The van der Waals surface area contributed by atoms with Crippen molar-refractivity contribution in [3.8, 4) is 0 Å². The fraction of sp³-hybridized carbons (Fsp3) is 0.464. The second-order valence-corrected chi connectivity index (χ2v) is 12.7. The number of halogens is 2. The average molecular weight is 639 g/mol. The third-order valence-electron chi connectivity index (χ3n) is 6.71. The van der Waals surface area contributed by atoms with Crippen molar-refractivity contribution in [1.82, 2.24) is 20.1 Å². The summed E-state index contributed by atoms with van der Waals surface area (Å²) >= 11 is 14.8. The van der Waals surface area contributed by atoms with E-state index in [9.17, 15) is 14.4 Å². The number of thiophene rings is 1. The van der Waals surface area contributed by atoms with Gasteiger partial charge < -0.3 is 19.9 Å². The lowest BCUT2D eigenvalue weighted by Crippen LogP contribution is -2.33. The van der Waals surface area contributed by atoms with E-state index >= 15 is 0 Å². The van der Waals surface area contributed by atoms with Gasteiger partial charge in [0, 0.05) is 17.0 Å². The van der Waals surface area contributed by atoms with Gasteiger partial charge in [0.1, 0.15) is 5.00 Å². The van der Waals surface area contributed by atoms with E-state index in [1.54, 1.807) is 19.1 Å². The van der Waals surface area contributed by atoms with Crippen molar-refractivity contribution in [3.05, 3.63) is 55.6 Å². The van der Waals surface area contributed by atoms with Gasteiger partial charge >= 0.3 is 5.97 Å². The maximum Gasteiger partial charge on any atom is 0.341 e. The molecule has 41 heavy (non-hydrogen) atoms. The van der Waals surface area contributed by atoms with Gasteiger partial charge in [0.25, 0.3) is 5.91 Å². The van der Waals surface area contributed by atoms with Crippen LogP contribution in [-0.2, 0) is 28.9 Å². The number of amides is 2. The summed E-state index contributed by atoms with van der Waals surface area (Å²) in [6, 6.07) is 4.29. The highest BCUT2D eigenvalue weighted by Gasteiger charge is 2.29. The van der Waals surface area contributed by atoms with Gasteiger partial charge in [-0.2, -0.15) is 0 Å². The van der Waals surface area contributed by atoms with Crippen molar-refractivity contribution < 1.29 is 19.1 Å². The van der Waals surface area contributed by atoms with Crippen LogP contribution in [-0.4, -0.2) is 44.9 Å². The standard InChI is InChI=1S/C28H33Cl2N5O4S2/c1-5-35-24(23(15(3)4)32-25(37)16-11-12-18(29)19(30)13-16)33-34-28(35)40-14-21(36)31-26-22(27(38)39-6-2)17-9-7-8-10-20(17)41-26/h11-13,15,23H,5-10,14H2,1-4H3,(H,31,36)(H,32,37)/t23-/m1/s1. The Balaban J connectivity index is 1.47. The molecule has 0 fully saturated rings. The molecule has 2 heterocycles. The summed E-state index contributed by atoms with van der Waals surface area (Å²) in [5, 5.41) is 16.5. The van der Waals surface area contributed by atoms with Crippen LogP contribution in [0.4, 0.5) is 5.00 Å². The normalized spacial score (nSPS) is 13.5. The average Bonchev–Trinajstić information content (AvgIpc) is 3.52. The molecule has 4 rings (SSSR count). The zero-order valence-corrected chi connectivity index (χ0v) is 26.5. The molecule has 220 valence electrons. The Kier molecular flexibility index (Phi) is 10.7. The molecule has 3 aromatic rings. The predicted octanol–water partition coefficient (Wildman–Crippen LogP) is 6.58. The number of benzene rings is 1. The van der Waals surface area contributed by atoms with Crippen LogP contribution in [0.5, 0.6) is 0 Å². The van der Waals surface area contributed by atoms with Crippen molar-refractivity contribution >= 4 is 69.1 Å². The summed E-state index contributed by atoms with van der Waals surface area (Å²) in [4.78, 5) is 39.9. The Hall–Kier alpha value is -2.60. The first kappa shape index (κ1) is 31.3.